The van der Waals surface area contributed by atoms with Crippen molar-refractivity contribution in [3.05, 3.63) is 16.0 Å². The van der Waals surface area contributed by atoms with Crippen LogP contribution < -0.4 is 5.32 Å². The molecule has 0 radical (unpaired) electrons. The molecule has 4 nitrogen and oxygen atoms in total. The maximum Gasteiger partial charge on any atom is 0.224 e. The van der Waals surface area contributed by atoms with Crippen LogP contribution in [0, 0.1) is 0 Å². The van der Waals surface area contributed by atoms with Crippen molar-refractivity contribution < 1.29 is 4.74 Å². The van der Waals surface area contributed by atoms with Gasteiger partial charge >= 0.3 is 0 Å². The molecule has 1 N–H and O–H groups in total. The molecule has 6 heteroatoms. The minimum Gasteiger partial charge on any atom is -0.383 e. The molecule has 0 saturated carbocycles. The van der Waals surface area contributed by atoms with Crippen LogP contribution in [0.5, 0.6) is 0 Å². The molecule has 0 saturated heterocycles. The third kappa shape index (κ3) is 3.40. The van der Waals surface area contributed by atoms with Gasteiger partial charge in [0.05, 0.1) is 11.1 Å². The number of hydrogen-bond donors (Lipinski definition) is 1. The molecule has 0 fully saturated rings. The number of rotatable bonds is 4. The zero-order valence-electron chi connectivity index (χ0n) is 7.92. The second-order valence-corrected chi connectivity index (χ2v) is 4.03. The molecule has 0 spiro atoms. The van der Waals surface area contributed by atoms with Gasteiger partial charge in [-0.05, 0) is 34.5 Å². The average Bonchev–Trinajstić information content (AvgIpc) is 2.12. The summed E-state index contributed by atoms with van der Waals surface area (Å²) >= 11 is 8.99. The van der Waals surface area contributed by atoms with Gasteiger partial charge in [-0.15, -0.1) is 0 Å². The molecule has 1 heterocycles. The Balaban J connectivity index is 2.70. The van der Waals surface area contributed by atoms with Gasteiger partial charge in [-0.2, -0.15) is 4.98 Å². The summed E-state index contributed by atoms with van der Waals surface area (Å²) in [6.07, 6.45) is 1.61. The van der Waals surface area contributed by atoms with E-state index in [9.17, 15) is 0 Å². The summed E-state index contributed by atoms with van der Waals surface area (Å²) in [5.74, 6) is 0.676. The minimum atomic E-state index is 0.169. The van der Waals surface area contributed by atoms with Crippen molar-refractivity contribution in [3.63, 3.8) is 0 Å². The Hall–Kier alpha value is -0.390. The van der Waals surface area contributed by atoms with Gasteiger partial charge in [0.1, 0.15) is 5.82 Å². The molecule has 1 atom stereocenters. The fraction of sp³-hybridized carbons (Fsp3) is 0.500. The quantitative estimate of drug-likeness (QED) is 0.860. The molecule has 0 unspecified atom stereocenters. The third-order valence-electron chi connectivity index (χ3n) is 1.51. The van der Waals surface area contributed by atoms with E-state index in [-0.39, 0.29) is 11.3 Å². The molecule has 1 rings (SSSR count). The first-order valence-corrected chi connectivity index (χ1v) is 5.24. The standard InChI is InChI=1S/C8H11BrClN3O/c1-5(4-14-2)12-7-6(9)3-11-8(10)13-7/h3,5H,4H2,1-2H3,(H,11,12,13)/t5-/m0/s1. The number of hydrogen-bond acceptors (Lipinski definition) is 4. The largest absolute Gasteiger partial charge is 0.383 e. The Labute approximate surface area is 96.2 Å². The highest BCUT2D eigenvalue weighted by Gasteiger charge is 2.07. The third-order valence-corrected chi connectivity index (χ3v) is 2.28. The molecule has 0 aliphatic rings. The van der Waals surface area contributed by atoms with Crippen molar-refractivity contribution in [2.45, 2.75) is 13.0 Å². The van der Waals surface area contributed by atoms with Gasteiger partial charge < -0.3 is 10.1 Å². The average molecular weight is 281 g/mol. The monoisotopic (exact) mass is 279 g/mol. The van der Waals surface area contributed by atoms with Gasteiger partial charge in [0, 0.05) is 19.3 Å². The number of nitrogens with zero attached hydrogens (tertiary/aromatic N) is 2. The van der Waals surface area contributed by atoms with Crippen molar-refractivity contribution in [2.24, 2.45) is 0 Å². The van der Waals surface area contributed by atoms with Crippen LogP contribution in [-0.2, 0) is 4.74 Å². The second-order valence-electron chi connectivity index (χ2n) is 2.84. The highest BCUT2D eigenvalue weighted by atomic mass is 79.9. The van der Waals surface area contributed by atoms with E-state index < -0.39 is 0 Å². The van der Waals surface area contributed by atoms with Gasteiger partial charge in [-0.25, -0.2) is 4.98 Å². The number of ether oxygens (including phenoxy) is 1. The van der Waals surface area contributed by atoms with E-state index in [0.29, 0.717) is 12.4 Å². The first-order chi connectivity index (χ1) is 6.63. The van der Waals surface area contributed by atoms with E-state index in [0.717, 1.165) is 4.47 Å². The summed E-state index contributed by atoms with van der Waals surface area (Å²) in [4.78, 5) is 7.86. The summed E-state index contributed by atoms with van der Waals surface area (Å²) in [5.41, 5.74) is 0. The van der Waals surface area contributed by atoms with Crippen LogP contribution in [0.4, 0.5) is 5.82 Å². The molecule has 0 aliphatic heterocycles. The molecule has 0 aliphatic carbocycles. The van der Waals surface area contributed by atoms with Crippen LogP contribution in [0.2, 0.25) is 5.28 Å². The fourth-order valence-corrected chi connectivity index (χ4v) is 1.41. The van der Waals surface area contributed by atoms with E-state index in [1.165, 1.54) is 0 Å². The fourth-order valence-electron chi connectivity index (χ4n) is 0.972. The Morgan fingerprint density at radius 1 is 1.71 bits per heavy atom. The van der Waals surface area contributed by atoms with E-state index in [1.807, 2.05) is 6.92 Å². The number of methoxy groups -OCH3 is 1. The molecular weight excluding hydrogens is 269 g/mol. The van der Waals surface area contributed by atoms with Crippen molar-refractivity contribution in [1.29, 1.82) is 0 Å². The lowest BCUT2D eigenvalue weighted by Crippen LogP contribution is -2.21. The summed E-state index contributed by atoms with van der Waals surface area (Å²) in [5, 5.41) is 3.37. The first kappa shape index (κ1) is 11.7. The molecule has 0 aromatic carbocycles. The van der Waals surface area contributed by atoms with Crippen LogP contribution in [0.1, 0.15) is 6.92 Å². The minimum absolute atomic E-state index is 0.169. The van der Waals surface area contributed by atoms with Gasteiger partial charge in [-0.1, -0.05) is 0 Å². The van der Waals surface area contributed by atoms with Crippen LogP contribution in [0.3, 0.4) is 0 Å². The lowest BCUT2D eigenvalue weighted by Gasteiger charge is -2.14. The maximum atomic E-state index is 5.66. The first-order valence-electron chi connectivity index (χ1n) is 4.07. The van der Waals surface area contributed by atoms with Crippen LogP contribution in [0.15, 0.2) is 10.7 Å². The highest BCUT2D eigenvalue weighted by Crippen LogP contribution is 2.20. The van der Waals surface area contributed by atoms with E-state index in [2.05, 4.69) is 31.2 Å². The van der Waals surface area contributed by atoms with Gasteiger partial charge in [0.2, 0.25) is 5.28 Å². The zero-order chi connectivity index (χ0) is 10.6. The lowest BCUT2D eigenvalue weighted by molar-refractivity contribution is 0.190. The molecule has 14 heavy (non-hydrogen) atoms. The Kier molecular flexibility index (Phi) is 4.57. The summed E-state index contributed by atoms with van der Waals surface area (Å²) in [6.45, 7) is 2.60. The predicted molar refractivity (Wildman–Crippen MR) is 59.7 cm³/mol. The summed E-state index contributed by atoms with van der Waals surface area (Å²) in [7, 11) is 1.65. The van der Waals surface area contributed by atoms with Crippen LogP contribution >= 0.6 is 27.5 Å². The molecule has 1 aromatic heterocycles. The second kappa shape index (κ2) is 5.48. The molecule has 0 bridgehead atoms. The predicted octanol–water partition coefficient (Wildman–Crippen LogP) is 2.34. The van der Waals surface area contributed by atoms with Gasteiger partial charge in [0.15, 0.2) is 0 Å². The van der Waals surface area contributed by atoms with E-state index in [1.54, 1.807) is 13.3 Å². The Bertz CT molecular complexity index is 311. The number of anilines is 1. The number of nitrogens with one attached hydrogen (secondary N) is 1. The summed E-state index contributed by atoms with van der Waals surface area (Å²) in [6, 6.07) is 0.169. The van der Waals surface area contributed by atoms with E-state index in [4.69, 9.17) is 16.3 Å². The van der Waals surface area contributed by atoms with Crippen LogP contribution in [-0.4, -0.2) is 29.7 Å². The van der Waals surface area contributed by atoms with Gasteiger partial charge in [0.25, 0.3) is 0 Å². The SMILES string of the molecule is COC[C@H](C)Nc1nc(Cl)ncc1Br. The van der Waals surface area contributed by atoms with Gasteiger partial charge in [-0.3, -0.25) is 0 Å². The lowest BCUT2D eigenvalue weighted by atomic mass is 10.3. The normalized spacial score (nSPS) is 12.6. The molecule has 0 amide bonds. The van der Waals surface area contributed by atoms with Crippen LogP contribution in [0.25, 0.3) is 0 Å². The Morgan fingerprint density at radius 2 is 2.43 bits per heavy atom. The molecule has 1 aromatic rings. The number of aromatic nitrogens is 2. The van der Waals surface area contributed by atoms with E-state index >= 15 is 0 Å². The van der Waals surface area contributed by atoms with Crippen molar-refractivity contribution >= 4 is 33.3 Å². The zero-order valence-corrected chi connectivity index (χ0v) is 10.3. The van der Waals surface area contributed by atoms with Crippen molar-refractivity contribution in [2.75, 3.05) is 19.0 Å². The smallest absolute Gasteiger partial charge is 0.224 e. The van der Waals surface area contributed by atoms with Crippen molar-refractivity contribution in [3.8, 4) is 0 Å². The molecular formula is C8H11BrClN3O. The summed E-state index contributed by atoms with van der Waals surface area (Å²) < 4.78 is 5.77. The Morgan fingerprint density at radius 3 is 3.07 bits per heavy atom. The highest BCUT2D eigenvalue weighted by molar-refractivity contribution is 9.10. The maximum absolute atomic E-state index is 5.66. The number of halogens is 2. The van der Waals surface area contributed by atoms with Crippen molar-refractivity contribution in [1.82, 2.24) is 9.97 Å². The topological polar surface area (TPSA) is 47.0 Å². The molecule has 78 valence electrons.